The summed E-state index contributed by atoms with van der Waals surface area (Å²) in [6.45, 7) is 3.32. The summed E-state index contributed by atoms with van der Waals surface area (Å²) in [4.78, 5) is 12.4. The largest absolute Gasteiger partial charge is 0.465 e. The quantitative estimate of drug-likeness (QED) is 0.407. The maximum Gasteiger partial charge on any atom is 0.310 e. The number of esters is 1. The van der Waals surface area contributed by atoms with Crippen LogP contribution in [0.25, 0.3) is 10.9 Å². The van der Waals surface area contributed by atoms with E-state index in [-0.39, 0.29) is 12.0 Å². The highest BCUT2D eigenvalue weighted by Gasteiger charge is 2.28. The van der Waals surface area contributed by atoms with Gasteiger partial charge in [-0.2, -0.15) is 0 Å². The van der Waals surface area contributed by atoms with E-state index < -0.39 is 0 Å². The van der Waals surface area contributed by atoms with E-state index in [2.05, 4.69) is 62.0 Å². The molecule has 0 amide bonds. The fraction of sp³-hybridized carbons (Fsp3) is 0.346. The van der Waals surface area contributed by atoms with Crippen molar-refractivity contribution in [3.63, 3.8) is 0 Å². The zero-order valence-corrected chi connectivity index (χ0v) is 18.4. The van der Waals surface area contributed by atoms with Gasteiger partial charge in [0, 0.05) is 29.6 Å². The molecule has 3 heterocycles. The molecule has 0 saturated heterocycles. The third-order valence-corrected chi connectivity index (χ3v) is 6.31. The fourth-order valence-corrected chi connectivity index (χ4v) is 4.84. The minimum Gasteiger partial charge on any atom is -0.465 e. The van der Waals surface area contributed by atoms with Crippen LogP contribution < -0.4 is 0 Å². The SMILES string of the molecule is CCCOC(=O)Cc1c2n(c3ccccc13)CC(n1nncc1Cc1ccccc1)CC2. The van der Waals surface area contributed by atoms with E-state index in [9.17, 15) is 4.79 Å². The van der Waals surface area contributed by atoms with E-state index in [1.165, 1.54) is 16.8 Å². The second-order valence-electron chi connectivity index (χ2n) is 8.48. The topological polar surface area (TPSA) is 61.9 Å². The summed E-state index contributed by atoms with van der Waals surface area (Å²) in [5, 5.41) is 9.84. The Kier molecular flexibility index (Phi) is 5.75. The number of fused-ring (bicyclic) bond motifs is 3. The zero-order valence-electron chi connectivity index (χ0n) is 18.4. The lowest BCUT2D eigenvalue weighted by Gasteiger charge is -2.27. The molecule has 6 heteroatoms. The Labute approximate surface area is 187 Å². The van der Waals surface area contributed by atoms with Crippen molar-refractivity contribution >= 4 is 16.9 Å². The Morgan fingerprint density at radius 2 is 1.94 bits per heavy atom. The number of hydrogen-bond donors (Lipinski definition) is 0. The Bertz CT molecular complexity index is 1230. The van der Waals surface area contributed by atoms with Gasteiger partial charge in [-0.3, -0.25) is 4.79 Å². The number of carbonyl (C=O) groups is 1. The summed E-state index contributed by atoms with van der Waals surface area (Å²) in [6, 6.07) is 19.1. The minimum absolute atomic E-state index is 0.144. The molecule has 0 aliphatic carbocycles. The zero-order chi connectivity index (χ0) is 21.9. The summed E-state index contributed by atoms with van der Waals surface area (Å²) in [5.74, 6) is -0.144. The van der Waals surface area contributed by atoms with Gasteiger partial charge in [0.2, 0.25) is 0 Å². The molecule has 0 radical (unpaired) electrons. The lowest BCUT2D eigenvalue weighted by Crippen LogP contribution is -2.26. The molecule has 1 aliphatic rings. The monoisotopic (exact) mass is 428 g/mol. The Morgan fingerprint density at radius 3 is 2.78 bits per heavy atom. The van der Waals surface area contributed by atoms with Gasteiger partial charge in [-0.25, -0.2) is 4.68 Å². The van der Waals surface area contributed by atoms with Crippen LogP contribution in [0.15, 0.2) is 60.8 Å². The molecule has 32 heavy (non-hydrogen) atoms. The van der Waals surface area contributed by atoms with Gasteiger partial charge in [-0.15, -0.1) is 5.10 Å². The first-order valence-corrected chi connectivity index (χ1v) is 11.4. The summed E-state index contributed by atoms with van der Waals surface area (Å²) in [6.07, 6.45) is 5.74. The molecule has 0 saturated carbocycles. The van der Waals surface area contributed by atoms with Gasteiger partial charge in [-0.05, 0) is 36.5 Å². The highest BCUT2D eigenvalue weighted by molar-refractivity contribution is 5.89. The third-order valence-electron chi connectivity index (χ3n) is 6.31. The van der Waals surface area contributed by atoms with Crippen molar-refractivity contribution in [3.8, 4) is 0 Å². The van der Waals surface area contributed by atoms with E-state index in [1.807, 2.05) is 25.3 Å². The molecule has 164 valence electrons. The smallest absolute Gasteiger partial charge is 0.310 e. The third kappa shape index (κ3) is 3.93. The first kappa shape index (κ1) is 20.5. The first-order chi connectivity index (χ1) is 15.7. The minimum atomic E-state index is -0.144. The van der Waals surface area contributed by atoms with Crippen LogP contribution in [0.1, 0.15) is 48.3 Å². The van der Waals surface area contributed by atoms with Gasteiger partial charge in [0.05, 0.1) is 31.0 Å². The lowest BCUT2D eigenvalue weighted by atomic mass is 10.00. The molecule has 0 spiro atoms. The Morgan fingerprint density at radius 1 is 1.12 bits per heavy atom. The van der Waals surface area contributed by atoms with Crippen LogP contribution in [-0.4, -0.2) is 32.1 Å². The molecular formula is C26H28N4O2. The summed E-state index contributed by atoms with van der Waals surface area (Å²) in [5.41, 5.74) is 5.93. The average molecular weight is 429 g/mol. The molecule has 1 unspecified atom stereocenters. The standard InChI is InChI=1S/C26H28N4O2/c1-2-14-32-26(31)16-23-22-10-6-7-11-24(22)29-18-20(12-13-25(23)29)30-21(17-27-28-30)15-19-8-4-3-5-9-19/h3-11,17,20H,2,12-16,18H2,1H3. The molecule has 5 rings (SSSR count). The van der Waals surface area contributed by atoms with Crippen LogP contribution in [0.2, 0.25) is 0 Å². The second-order valence-corrected chi connectivity index (χ2v) is 8.48. The molecule has 1 aliphatic heterocycles. The molecule has 2 aromatic carbocycles. The van der Waals surface area contributed by atoms with Gasteiger partial charge < -0.3 is 9.30 Å². The molecule has 6 nitrogen and oxygen atoms in total. The van der Waals surface area contributed by atoms with Gasteiger partial charge in [0.1, 0.15) is 0 Å². The van der Waals surface area contributed by atoms with Crippen molar-refractivity contribution in [1.29, 1.82) is 0 Å². The molecule has 4 aromatic rings. The second kappa shape index (κ2) is 8.99. The number of nitrogens with zero attached hydrogens (tertiary/aromatic N) is 4. The van der Waals surface area contributed by atoms with Crippen molar-refractivity contribution in [1.82, 2.24) is 19.6 Å². The van der Waals surface area contributed by atoms with Crippen LogP contribution in [0.3, 0.4) is 0 Å². The Hall–Kier alpha value is -3.41. The van der Waals surface area contributed by atoms with Gasteiger partial charge in [0.25, 0.3) is 0 Å². The van der Waals surface area contributed by atoms with Crippen LogP contribution >= 0.6 is 0 Å². The number of aromatic nitrogens is 4. The molecule has 1 atom stereocenters. The predicted molar refractivity (Wildman–Crippen MR) is 124 cm³/mol. The van der Waals surface area contributed by atoms with Crippen molar-refractivity contribution in [2.24, 2.45) is 0 Å². The Balaban J connectivity index is 1.44. The van der Waals surface area contributed by atoms with Crippen LogP contribution in [0, 0.1) is 0 Å². The van der Waals surface area contributed by atoms with E-state index in [0.717, 1.165) is 48.9 Å². The molecule has 0 bridgehead atoms. The number of benzene rings is 2. The van der Waals surface area contributed by atoms with Crippen LogP contribution in [0.5, 0.6) is 0 Å². The van der Waals surface area contributed by atoms with Gasteiger partial charge in [-0.1, -0.05) is 60.7 Å². The highest BCUT2D eigenvalue weighted by Crippen LogP contribution is 2.35. The van der Waals surface area contributed by atoms with E-state index in [1.54, 1.807) is 0 Å². The number of hydrogen-bond acceptors (Lipinski definition) is 4. The molecular weight excluding hydrogens is 400 g/mol. The maximum absolute atomic E-state index is 12.4. The number of rotatable bonds is 7. The highest BCUT2D eigenvalue weighted by atomic mass is 16.5. The van der Waals surface area contributed by atoms with E-state index in [0.29, 0.717) is 13.0 Å². The maximum atomic E-state index is 12.4. The molecule has 0 fully saturated rings. The average Bonchev–Trinajstić information content (AvgIpc) is 3.41. The van der Waals surface area contributed by atoms with Crippen LogP contribution in [-0.2, 0) is 35.3 Å². The summed E-state index contributed by atoms with van der Waals surface area (Å²) < 4.78 is 9.86. The number of para-hydroxylation sites is 1. The summed E-state index contributed by atoms with van der Waals surface area (Å²) >= 11 is 0. The van der Waals surface area contributed by atoms with Gasteiger partial charge in [0.15, 0.2) is 0 Å². The predicted octanol–water partition coefficient (Wildman–Crippen LogP) is 4.51. The van der Waals surface area contributed by atoms with Crippen LogP contribution in [0.4, 0.5) is 0 Å². The van der Waals surface area contributed by atoms with E-state index >= 15 is 0 Å². The molecule has 0 N–H and O–H groups in total. The van der Waals surface area contributed by atoms with Crippen molar-refractivity contribution in [2.45, 2.75) is 51.6 Å². The van der Waals surface area contributed by atoms with Gasteiger partial charge >= 0.3 is 5.97 Å². The van der Waals surface area contributed by atoms with E-state index in [4.69, 9.17) is 4.74 Å². The number of ether oxygens (including phenoxy) is 1. The number of carbonyl (C=O) groups excluding carboxylic acids is 1. The lowest BCUT2D eigenvalue weighted by molar-refractivity contribution is -0.142. The first-order valence-electron chi connectivity index (χ1n) is 11.4. The van der Waals surface area contributed by atoms with Crippen molar-refractivity contribution in [2.75, 3.05) is 6.61 Å². The normalized spacial score (nSPS) is 15.6. The summed E-state index contributed by atoms with van der Waals surface area (Å²) in [7, 11) is 0. The van der Waals surface area contributed by atoms with Crippen molar-refractivity contribution in [3.05, 3.63) is 83.3 Å². The van der Waals surface area contributed by atoms with Crippen molar-refractivity contribution < 1.29 is 9.53 Å². The fourth-order valence-electron chi connectivity index (χ4n) is 4.84. The molecule has 2 aromatic heterocycles.